The van der Waals surface area contributed by atoms with E-state index in [0.29, 0.717) is 22.1 Å². The van der Waals surface area contributed by atoms with Crippen LogP contribution in [0.3, 0.4) is 0 Å². The molecule has 0 unspecified atom stereocenters. The number of hydrogen-bond acceptors (Lipinski definition) is 6. The molecule has 142 valence electrons. The molecule has 0 aliphatic heterocycles. The van der Waals surface area contributed by atoms with E-state index in [4.69, 9.17) is 14.6 Å². The first-order chi connectivity index (χ1) is 12.7. The highest BCUT2D eigenvalue weighted by atomic mass is 16.5. The first-order valence-corrected chi connectivity index (χ1v) is 8.28. The van der Waals surface area contributed by atoms with Gasteiger partial charge in [-0.15, -0.1) is 0 Å². The van der Waals surface area contributed by atoms with Crippen LogP contribution in [-0.4, -0.2) is 46.9 Å². The Hall–Kier alpha value is -3.06. The van der Waals surface area contributed by atoms with Crippen LogP contribution in [0.1, 0.15) is 35.2 Å². The minimum absolute atomic E-state index is 0.0112. The first kappa shape index (κ1) is 18.7. The Labute approximate surface area is 155 Å². The minimum Gasteiger partial charge on any atom is -0.506 e. The van der Waals surface area contributed by atoms with Gasteiger partial charge in [0.2, 0.25) is 0 Å². The zero-order valence-corrected chi connectivity index (χ0v) is 15.1. The van der Waals surface area contributed by atoms with Gasteiger partial charge in [-0.2, -0.15) is 0 Å². The zero-order chi connectivity index (χ0) is 19.9. The molecule has 0 saturated heterocycles. The Morgan fingerprint density at radius 1 is 1.33 bits per heavy atom. The average molecular weight is 372 g/mol. The predicted octanol–water partition coefficient (Wildman–Crippen LogP) is 2.59. The molecule has 3 rings (SSSR count). The molecule has 27 heavy (non-hydrogen) atoms. The fourth-order valence-corrected chi connectivity index (χ4v) is 3.81. The first-order valence-electron chi connectivity index (χ1n) is 8.28. The molecule has 0 amide bonds. The third-order valence-corrected chi connectivity index (χ3v) is 4.87. The van der Waals surface area contributed by atoms with Crippen molar-refractivity contribution < 1.29 is 34.4 Å². The number of aliphatic carboxylic acids is 1. The lowest BCUT2D eigenvalue weighted by atomic mass is 9.70. The average Bonchev–Trinajstić information content (AvgIpc) is 2.58. The number of carbonyl (C=O) groups is 2. The lowest BCUT2D eigenvalue weighted by molar-refractivity contribution is -0.131. The van der Waals surface area contributed by atoms with E-state index in [-0.39, 0.29) is 23.5 Å². The monoisotopic (exact) mass is 372 g/mol. The van der Waals surface area contributed by atoms with Crippen LogP contribution in [0, 0.1) is 0 Å². The molecular weight excluding hydrogens is 352 g/mol. The Bertz CT molecular complexity index is 972. The molecular formula is C20H20O7. The second-order valence-electron chi connectivity index (χ2n) is 6.73. The summed E-state index contributed by atoms with van der Waals surface area (Å²) in [7, 11) is 2.76. The van der Waals surface area contributed by atoms with Gasteiger partial charge in [-0.25, -0.2) is 4.79 Å². The standard InChI is InChI=1S/C20H20O7/c1-20(25)9-12(21)17-11(18(20)14(27-3)8-15(22)23)7-10-5-4-6-13(26-2)16(10)19(17)24/h4-8,18,24-25H,9H2,1-3H3,(H,22,23)/b14-8+/t18-,20-/m1/s1. The SMILES string of the molecule is CO/C(=C/C(=O)O)[C@H]1c2cc3cccc(OC)c3c(O)c2C(=O)C[C@@]1(C)O. The number of carbonyl (C=O) groups excluding carboxylic acids is 1. The molecule has 0 heterocycles. The van der Waals surface area contributed by atoms with Crippen molar-refractivity contribution in [2.75, 3.05) is 14.2 Å². The van der Waals surface area contributed by atoms with Crippen molar-refractivity contribution in [1.29, 1.82) is 0 Å². The normalized spacial score (nSPS) is 22.4. The summed E-state index contributed by atoms with van der Waals surface area (Å²) < 4.78 is 10.5. The molecule has 3 N–H and O–H groups in total. The summed E-state index contributed by atoms with van der Waals surface area (Å²) in [5.74, 6) is -2.48. The number of rotatable bonds is 4. The Morgan fingerprint density at radius 3 is 2.63 bits per heavy atom. The van der Waals surface area contributed by atoms with E-state index < -0.39 is 23.3 Å². The molecule has 7 nitrogen and oxygen atoms in total. The van der Waals surface area contributed by atoms with Crippen molar-refractivity contribution in [2.24, 2.45) is 0 Å². The summed E-state index contributed by atoms with van der Waals surface area (Å²) in [4.78, 5) is 23.9. The number of ketones is 1. The van der Waals surface area contributed by atoms with Crippen LogP contribution in [0.4, 0.5) is 0 Å². The molecule has 0 spiro atoms. The number of benzene rings is 2. The molecule has 2 aromatic rings. The quantitative estimate of drug-likeness (QED) is 0.558. The van der Waals surface area contributed by atoms with E-state index in [1.807, 2.05) is 0 Å². The smallest absolute Gasteiger partial charge is 0.331 e. The van der Waals surface area contributed by atoms with E-state index in [2.05, 4.69) is 0 Å². The minimum atomic E-state index is -1.58. The number of phenols is 1. The molecule has 0 bridgehead atoms. The van der Waals surface area contributed by atoms with Crippen LogP contribution in [0.2, 0.25) is 0 Å². The van der Waals surface area contributed by atoms with Gasteiger partial charge in [0.25, 0.3) is 0 Å². The number of aliphatic hydroxyl groups is 1. The molecule has 0 aromatic heterocycles. The van der Waals surface area contributed by atoms with Crippen molar-refractivity contribution in [2.45, 2.75) is 24.9 Å². The summed E-state index contributed by atoms with van der Waals surface area (Å²) in [5.41, 5.74) is -1.24. The van der Waals surface area contributed by atoms with Gasteiger partial charge >= 0.3 is 5.97 Å². The van der Waals surface area contributed by atoms with Crippen LogP contribution in [-0.2, 0) is 9.53 Å². The second-order valence-corrected chi connectivity index (χ2v) is 6.73. The number of carboxylic acids is 1. The van der Waals surface area contributed by atoms with Crippen LogP contribution in [0.15, 0.2) is 36.1 Å². The molecule has 7 heteroatoms. The van der Waals surface area contributed by atoms with Gasteiger partial charge in [0.1, 0.15) is 17.3 Å². The number of carboxylic acid groups (broad SMARTS) is 1. The molecule has 1 aliphatic rings. The Morgan fingerprint density at radius 2 is 2.04 bits per heavy atom. The lowest BCUT2D eigenvalue weighted by Crippen LogP contribution is -2.41. The summed E-state index contributed by atoms with van der Waals surface area (Å²) in [5, 5.41) is 31.8. The van der Waals surface area contributed by atoms with E-state index >= 15 is 0 Å². The van der Waals surface area contributed by atoms with Gasteiger partial charge in [0.15, 0.2) is 5.78 Å². The number of phenolic OH excluding ortho intramolecular Hbond substituents is 1. The molecule has 0 fully saturated rings. The third-order valence-electron chi connectivity index (χ3n) is 4.87. The molecule has 0 saturated carbocycles. The Balaban J connectivity index is 2.39. The third kappa shape index (κ3) is 3.00. The van der Waals surface area contributed by atoms with E-state index in [1.165, 1.54) is 21.1 Å². The summed E-state index contributed by atoms with van der Waals surface area (Å²) in [6.45, 7) is 1.44. The van der Waals surface area contributed by atoms with Gasteiger partial charge in [-0.05, 0) is 30.0 Å². The highest BCUT2D eigenvalue weighted by molar-refractivity contribution is 6.09. The highest BCUT2D eigenvalue weighted by Gasteiger charge is 2.46. The summed E-state index contributed by atoms with van der Waals surface area (Å²) >= 11 is 0. The number of hydrogen-bond donors (Lipinski definition) is 3. The molecule has 0 radical (unpaired) electrons. The predicted molar refractivity (Wildman–Crippen MR) is 97.2 cm³/mol. The van der Waals surface area contributed by atoms with Gasteiger partial charge in [0.05, 0.1) is 42.8 Å². The maximum Gasteiger partial charge on any atom is 0.331 e. The summed E-state index contributed by atoms with van der Waals surface area (Å²) in [6, 6.07) is 6.78. The van der Waals surface area contributed by atoms with Crippen molar-refractivity contribution in [3.05, 3.63) is 47.2 Å². The highest BCUT2D eigenvalue weighted by Crippen LogP contribution is 2.49. The number of Topliss-reactive ketones (excluding diaryl/α,β-unsaturated/α-hetero) is 1. The van der Waals surface area contributed by atoms with Gasteiger partial charge in [0, 0.05) is 6.42 Å². The van der Waals surface area contributed by atoms with Crippen molar-refractivity contribution in [3.8, 4) is 11.5 Å². The van der Waals surface area contributed by atoms with Gasteiger partial charge < -0.3 is 24.8 Å². The second kappa shape index (κ2) is 6.59. The van der Waals surface area contributed by atoms with Crippen LogP contribution >= 0.6 is 0 Å². The van der Waals surface area contributed by atoms with E-state index in [0.717, 1.165) is 6.08 Å². The number of fused-ring (bicyclic) bond motifs is 2. The zero-order valence-electron chi connectivity index (χ0n) is 15.1. The number of ether oxygens (including phenoxy) is 2. The van der Waals surface area contributed by atoms with Gasteiger partial charge in [-0.3, -0.25) is 4.79 Å². The van der Waals surface area contributed by atoms with Crippen molar-refractivity contribution >= 4 is 22.5 Å². The fourth-order valence-electron chi connectivity index (χ4n) is 3.81. The Kier molecular flexibility index (Phi) is 4.57. The molecule has 2 atom stereocenters. The lowest BCUT2D eigenvalue weighted by Gasteiger charge is -2.38. The molecule has 2 aromatic carbocycles. The van der Waals surface area contributed by atoms with Crippen LogP contribution in [0.25, 0.3) is 10.8 Å². The maximum atomic E-state index is 12.7. The van der Waals surface area contributed by atoms with Crippen LogP contribution < -0.4 is 4.74 Å². The number of methoxy groups -OCH3 is 2. The van der Waals surface area contributed by atoms with Gasteiger partial charge in [-0.1, -0.05) is 12.1 Å². The largest absolute Gasteiger partial charge is 0.506 e. The number of aromatic hydroxyl groups is 1. The van der Waals surface area contributed by atoms with E-state index in [1.54, 1.807) is 24.3 Å². The van der Waals surface area contributed by atoms with E-state index in [9.17, 15) is 19.8 Å². The fraction of sp³-hybridized carbons (Fsp3) is 0.300. The summed E-state index contributed by atoms with van der Waals surface area (Å²) in [6.07, 6.45) is 0.560. The van der Waals surface area contributed by atoms with Crippen molar-refractivity contribution in [3.63, 3.8) is 0 Å². The van der Waals surface area contributed by atoms with Crippen molar-refractivity contribution in [1.82, 2.24) is 0 Å². The van der Waals surface area contributed by atoms with Crippen LogP contribution in [0.5, 0.6) is 11.5 Å². The molecule has 1 aliphatic carbocycles. The topological polar surface area (TPSA) is 113 Å². The maximum absolute atomic E-state index is 12.7.